The molecular formula is C23H43NO2SSn. The van der Waals surface area contributed by atoms with E-state index in [1.54, 1.807) is 17.4 Å². The zero-order valence-electron chi connectivity index (χ0n) is 18.9. The van der Waals surface area contributed by atoms with Crippen LogP contribution in [0.15, 0.2) is 24.3 Å². The van der Waals surface area contributed by atoms with Crippen LogP contribution in [0.1, 0.15) is 78.7 Å². The number of benzene rings is 1. The summed E-state index contributed by atoms with van der Waals surface area (Å²) in [6.45, 7) is 10.9. The molecule has 28 heavy (non-hydrogen) atoms. The second-order valence-electron chi connectivity index (χ2n) is 8.53. The number of sulfonamides is 1. The number of hydrogen-bond donors (Lipinski definition) is 1. The topological polar surface area (TPSA) is 46.2 Å². The van der Waals surface area contributed by atoms with E-state index in [1.165, 1.54) is 57.4 Å². The fraction of sp³-hybridized carbons (Fsp3) is 0.739. The van der Waals surface area contributed by atoms with Crippen LogP contribution in [0.3, 0.4) is 0 Å². The van der Waals surface area contributed by atoms with Crippen molar-refractivity contribution in [1.82, 2.24) is 4.72 Å². The van der Waals surface area contributed by atoms with Crippen LogP contribution < -0.4 is 8.30 Å². The Hall–Kier alpha value is -0.0713. The molecule has 0 aliphatic rings. The molecule has 0 unspecified atom stereocenters. The van der Waals surface area contributed by atoms with Crippen molar-refractivity contribution >= 4 is 32.0 Å². The van der Waals surface area contributed by atoms with Crippen LogP contribution >= 0.6 is 0 Å². The first-order valence-corrected chi connectivity index (χ1v) is 20.4. The third kappa shape index (κ3) is 8.35. The Morgan fingerprint density at radius 3 is 1.71 bits per heavy atom. The van der Waals surface area contributed by atoms with E-state index in [0.717, 1.165) is 6.42 Å². The maximum atomic E-state index is 11.9. The van der Waals surface area contributed by atoms with Crippen LogP contribution in [-0.4, -0.2) is 38.6 Å². The second kappa shape index (κ2) is 13.3. The average molecular weight is 516 g/mol. The summed E-state index contributed by atoms with van der Waals surface area (Å²) in [5.41, 5.74) is 1.23. The molecule has 0 aromatic heterocycles. The Morgan fingerprint density at radius 1 is 0.857 bits per heavy atom. The Kier molecular flexibility index (Phi) is 12.3. The molecule has 5 heteroatoms. The van der Waals surface area contributed by atoms with Crippen LogP contribution in [0.4, 0.5) is 0 Å². The van der Waals surface area contributed by atoms with Crippen molar-refractivity contribution in [2.24, 2.45) is 0 Å². The quantitative estimate of drug-likeness (QED) is 0.308. The zero-order valence-corrected chi connectivity index (χ0v) is 22.6. The van der Waals surface area contributed by atoms with Crippen molar-refractivity contribution in [2.45, 2.75) is 98.1 Å². The van der Waals surface area contributed by atoms with Gasteiger partial charge in [0, 0.05) is 0 Å². The second-order valence-corrected chi connectivity index (χ2v) is 24.1. The van der Waals surface area contributed by atoms with Crippen LogP contribution in [0, 0.1) is 0 Å². The van der Waals surface area contributed by atoms with Crippen molar-refractivity contribution in [3.8, 4) is 0 Å². The van der Waals surface area contributed by atoms with Crippen LogP contribution in [0.5, 0.6) is 0 Å². The van der Waals surface area contributed by atoms with E-state index < -0.39 is 28.4 Å². The van der Waals surface area contributed by atoms with Crippen molar-refractivity contribution in [3.63, 3.8) is 0 Å². The third-order valence-electron chi connectivity index (χ3n) is 5.93. The van der Waals surface area contributed by atoms with Gasteiger partial charge < -0.3 is 0 Å². The SMILES string of the molecule is CCC[CH2][Sn]([CH2]CCC)([CH2]CCC)[c]1ccc(CCNS(=O)(=O)C(C)C)cc1. The summed E-state index contributed by atoms with van der Waals surface area (Å²) < 4.78 is 32.7. The summed E-state index contributed by atoms with van der Waals surface area (Å²) in [6, 6.07) is 9.33. The third-order valence-corrected chi connectivity index (χ3v) is 23.4. The molecule has 0 aliphatic carbocycles. The molecule has 1 rings (SSSR count). The first-order chi connectivity index (χ1) is 13.3. The van der Waals surface area contributed by atoms with Gasteiger partial charge in [0.25, 0.3) is 0 Å². The predicted octanol–water partition coefficient (Wildman–Crippen LogP) is 5.61. The Balaban J connectivity index is 2.90. The molecule has 0 heterocycles. The van der Waals surface area contributed by atoms with Gasteiger partial charge in [-0.3, -0.25) is 0 Å². The van der Waals surface area contributed by atoms with Gasteiger partial charge in [-0.2, -0.15) is 0 Å². The predicted molar refractivity (Wildman–Crippen MR) is 127 cm³/mol. The van der Waals surface area contributed by atoms with E-state index >= 15 is 0 Å². The van der Waals surface area contributed by atoms with Crippen LogP contribution in [0.25, 0.3) is 0 Å². The van der Waals surface area contributed by atoms with Crippen LogP contribution in [0.2, 0.25) is 13.3 Å². The van der Waals surface area contributed by atoms with E-state index in [0.29, 0.717) is 6.54 Å². The summed E-state index contributed by atoms with van der Waals surface area (Å²) in [5, 5.41) is -0.375. The van der Waals surface area contributed by atoms with E-state index in [-0.39, 0.29) is 5.25 Å². The molecule has 0 fully saturated rings. The molecule has 0 bridgehead atoms. The van der Waals surface area contributed by atoms with E-state index in [1.807, 2.05) is 0 Å². The minimum atomic E-state index is -3.17. The first kappa shape index (κ1) is 26.0. The van der Waals surface area contributed by atoms with Crippen LogP contribution in [-0.2, 0) is 16.4 Å². The molecular weight excluding hydrogens is 473 g/mol. The Bertz CT molecular complexity index is 619. The van der Waals surface area contributed by atoms with Gasteiger partial charge in [-0.1, -0.05) is 0 Å². The van der Waals surface area contributed by atoms with Crippen molar-refractivity contribution in [1.29, 1.82) is 0 Å². The van der Waals surface area contributed by atoms with Gasteiger partial charge in [0.15, 0.2) is 0 Å². The molecule has 3 nitrogen and oxygen atoms in total. The standard InChI is InChI=1S/C11H16NO2S.3C4H9.Sn/c1-10(2)15(13,14)12-9-8-11-6-4-3-5-7-11;3*1-3-4-2;/h4-7,10,12H,8-9H2,1-2H3;3*1,3-4H2,2H3;. The monoisotopic (exact) mass is 517 g/mol. The van der Waals surface area contributed by atoms with Gasteiger partial charge in [0.1, 0.15) is 0 Å². The maximum absolute atomic E-state index is 11.9. The zero-order chi connectivity index (χ0) is 21.0. The molecule has 1 aromatic rings. The molecule has 0 saturated heterocycles. The number of nitrogens with one attached hydrogen (secondary N) is 1. The Morgan fingerprint density at radius 2 is 1.32 bits per heavy atom. The number of rotatable bonds is 15. The van der Waals surface area contributed by atoms with Gasteiger partial charge in [-0.25, -0.2) is 0 Å². The number of unbranched alkanes of at least 4 members (excludes halogenated alkanes) is 3. The van der Waals surface area contributed by atoms with Gasteiger partial charge in [-0.05, 0) is 0 Å². The average Bonchev–Trinajstić information content (AvgIpc) is 2.68. The summed E-state index contributed by atoms with van der Waals surface area (Å²) >= 11 is -2.34. The summed E-state index contributed by atoms with van der Waals surface area (Å²) in [4.78, 5) is 0. The molecule has 0 amide bonds. The molecule has 162 valence electrons. The van der Waals surface area contributed by atoms with Crippen molar-refractivity contribution < 1.29 is 8.42 Å². The molecule has 0 radical (unpaired) electrons. The molecule has 1 N–H and O–H groups in total. The van der Waals surface area contributed by atoms with Gasteiger partial charge >= 0.3 is 180 Å². The Labute approximate surface area is 179 Å². The molecule has 0 atom stereocenters. The number of hydrogen-bond acceptors (Lipinski definition) is 2. The molecule has 0 saturated carbocycles. The fourth-order valence-electron chi connectivity index (χ4n) is 3.88. The molecule has 1 aromatic carbocycles. The van der Waals surface area contributed by atoms with Gasteiger partial charge in [-0.15, -0.1) is 0 Å². The van der Waals surface area contributed by atoms with Gasteiger partial charge in [0.2, 0.25) is 0 Å². The summed E-state index contributed by atoms with van der Waals surface area (Å²) in [6.07, 6.45) is 8.78. The molecule has 0 spiro atoms. The first-order valence-electron chi connectivity index (χ1n) is 11.4. The fourth-order valence-corrected chi connectivity index (χ4v) is 20.5. The van der Waals surface area contributed by atoms with Crippen molar-refractivity contribution in [3.05, 3.63) is 29.8 Å². The minimum absolute atomic E-state index is 0.375. The van der Waals surface area contributed by atoms with Gasteiger partial charge in [0.05, 0.1) is 0 Å². The van der Waals surface area contributed by atoms with E-state index in [9.17, 15) is 8.42 Å². The van der Waals surface area contributed by atoms with Crippen molar-refractivity contribution in [2.75, 3.05) is 6.54 Å². The summed E-state index contributed by atoms with van der Waals surface area (Å²) in [7, 11) is -3.17. The van der Waals surface area contributed by atoms with E-state index in [4.69, 9.17) is 0 Å². The van der Waals surface area contributed by atoms with E-state index in [2.05, 4.69) is 49.8 Å². The normalized spacial score (nSPS) is 12.6. The molecule has 0 aliphatic heterocycles. The summed E-state index contributed by atoms with van der Waals surface area (Å²) in [5.74, 6) is 0.